The number of carbonyl (C=O) groups excluding carboxylic acids is 1. The summed E-state index contributed by atoms with van der Waals surface area (Å²) in [6.45, 7) is 5.33. The molecule has 1 saturated heterocycles. The normalized spacial score (nSPS) is 20.3. The number of carboxylic acid groups (broad SMARTS) is 1. The number of benzene rings is 1. The van der Waals surface area contributed by atoms with Crippen LogP contribution in [0.5, 0.6) is 0 Å². The predicted molar refractivity (Wildman–Crippen MR) is 94.0 cm³/mol. The first-order chi connectivity index (χ1) is 11.4. The average Bonchev–Trinajstić information content (AvgIpc) is 2.95. The van der Waals surface area contributed by atoms with Crippen LogP contribution >= 0.6 is 0 Å². The molecule has 24 heavy (non-hydrogen) atoms. The molecule has 1 amide bonds. The first-order valence-electron chi connectivity index (χ1n) is 8.74. The standard InChI is InChI=1S/C19H28N2O3/c1-3-4-5-15-6-8-16(9-7-15)12-17(22)21-11-10-19(2,14-21)20-13-18(23)24/h6-9,20H,3-5,10-14H2,1-2H3,(H,23,24). The predicted octanol–water partition coefficient (Wildman–Crippen LogP) is 2.24. The van der Waals surface area contributed by atoms with E-state index in [0.29, 0.717) is 19.5 Å². The van der Waals surface area contributed by atoms with E-state index < -0.39 is 5.97 Å². The van der Waals surface area contributed by atoms with Crippen molar-refractivity contribution in [2.45, 2.75) is 51.5 Å². The monoisotopic (exact) mass is 332 g/mol. The Labute approximate surface area is 144 Å². The highest BCUT2D eigenvalue weighted by atomic mass is 16.4. The Morgan fingerprint density at radius 1 is 1.25 bits per heavy atom. The van der Waals surface area contributed by atoms with Crippen LogP contribution in [0.15, 0.2) is 24.3 Å². The molecule has 1 aromatic rings. The fourth-order valence-electron chi connectivity index (χ4n) is 3.10. The first-order valence-corrected chi connectivity index (χ1v) is 8.74. The number of unbranched alkanes of at least 4 members (excludes halogenated alkanes) is 1. The molecule has 1 fully saturated rings. The molecule has 5 heteroatoms. The van der Waals surface area contributed by atoms with E-state index in [4.69, 9.17) is 5.11 Å². The minimum atomic E-state index is -0.871. The summed E-state index contributed by atoms with van der Waals surface area (Å²) in [6.07, 6.45) is 4.65. The highest BCUT2D eigenvalue weighted by Crippen LogP contribution is 2.21. The maximum Gasteiger partial charge on any atom is 0.317 e. The summed E-state index contributed by atoms with van der Waals surface area (Å²) in [7, 11) is 0. The van der Waals surface area contributed by atoms with Gasteiger partial charge in [-0.1, -0.05) is 37.6 Å². The second-order valence-corrected chi connectivity index (χ2v) is 6.97. The molecule has 1 heterocycles. The molecular formula is C19H28N2O3. The van der Waals surface area contributed by atoms with E-state index in [0.717, 1.165) is 18.4 Å². The van der Waals surface area contributed by atoms with Gasteiger partial charge in [-0.15, -0.1) is 0 Å². The van der Waals surface area contributed by atoms with Gasteiger partial charge in [-0.3, -0.25) is 14.9 Å². The van der Waals surface area contributed by atoms with Crippen molar-refractivity contribution in [3.8, 4) is 0 Å². The highest BCUT2D eigenvalue weighted by molar-refractivity contribution is 5.79. The Morgan fingerprint density at radius 3 is 2.54 bits per heavy atom. The van der Waals surface area contributed by atoms with Crippen molar-refractivity contribution in [1.29, 1.82) is 0 Å². The van der Waals surface area contributed by atoms with Crippen LogP contribution in [0.4, 0.5) is 0 Å². The number of carboxylic acids is 1. The molecule has 5 nitrogen and oxygen atoms in total. The number of amides is 1. The number of nitrogens with one attached hydrogen (secondary N) is 1. The van der Waals surface area contributed by atoms with Gasteiger partial charge >= 0.3 is 5.97 Å². The van der Waals surface area contributed by atoms with Crippen LogP contribution in [-0.2, 0) is 22.4 Å². The molecule has 1 aliphatic heterocycles. The molecule has 1 aliphatic rings. The van der Waals surface area contributed by atoms with Crippen molar-refractivity contribution >= 4 is 11.9 Å². The van der Waals surface area contributed by atoms with Crippen LogP contribution in [0, 0.1) is 0 Å². The van der Waals surface area contributed by atoms with E-state index in [1.165, 1.54) is 18.4 Å². The molecule has 1 aromatic carbocycles. The summed E-state index contributed by atoms with van der Waals surface area (Å²) in [5, 5.41) is 11.8. The number of nitrogens with zero attached hydrogens (tertiary/aromatic N) is 1. The Bertz CT molecular complexity index is 570. The summed E-state index contributed by atoms with van der Waals surface area (Å²) in [5.74, 6) is -0.763. The van der Waals surface area contributed by atoms with Crippen molar-refractivity contribution < 1.29 is 14.7 Å². The number of aliphatic carboxylic acids is 1. The maximum atomic E-state index is 12.5. The molecule has 1 unspecified atom stereocenters. The zero-order valence-electron chi connectivity index (χ0n) is 14.7. The average molecular weight is 332 g/mol. The molecular weight excluding hydrogens is 304 g/mol. The highest BCUT2D eigenvalue weighted by Gasteiger charge is 2.35. The molecule has 0 bridgehead atoms. The number of carbonyl (C=O) groups is 2. The van der Waals surface area contributed by atoms with Gasteiger partial charge in [0.25, 0.3) is 0 Å². The second kappa shape index (κ2) is 8.29. The van der Waals surface area contributed by atoms with Gasteiger partial charge in [0.15, 0.2) is 0 Å². The smallest absolute Gasteiger partial charge is 0.317 e. The van der Waals surface area contributed by atoms with Gasteiger partial charge in [-0.05, 0) is 37.3 Å². The molecule has 132 valence electrons. The lowest BCUT2D eigenvalue weighted by atomic mass is 10.0. The Kier molecular flexibility index (Phi) is 6.37. The third kappa shape index (κ3) is 5.34. The zero-order valence-corrected chi connectivity index (χ0v) is 14.7. The quantitative estimate of drug-likeness (QED) is 0.766. The molecule has 2 rings (SSSR count). The lowest BCUT2D eigenvalue weighted by molar-refractivity contribution is -0.136. The third-order valence-electron chi connectivity index (χ3n) is 4.69. The third-order valence-corrected chi connectivity index (χ3v) is 4.69. The van der Waals surface area contributed by atoms with Gasteiger partial charge < -0.3 is 10.0 Å². The fraction of sp³-hybridized carbons (Fsp3) is 0.579. The lowest BCUT2D eigenvalue weighted by Gasteiger charge is -2.25. The van der Waals surface area contributed by atoms with Gasteiger partial charge in [0, 0.05) is 18.6 Å². The summed E-state index contributed by atoms with van der Waals surface area (Å²) < 4.78 is 0. The van der Waals surface area contributed by atoms with Crippen LogP contribution in [0.3, 0.4) is 0 Å². The van der Waals surface area contributed by atoms with E-state index in [2.05, 4.69) is 24.4 Å². The molecule has 2 N–H and O–H groups in total. The SMILES string of the molecule is CCCCc1ccc(CC(=O)N2CCC(C)(NCC(=O)O)C2)cc1. The van der Waals surface area contributed by atoms with E-state index in [1.807, 2.05) is 24.0 Å². The largest absolute Gasteiger partial charge is 0.480 e. The Balaban J connectivity index is 1.85. The number of likely N-dealkylation sites (tertiary alicyclic amines) is 1. The van der Waals surface area contributed by atoms with Crippen molar-refractivity contribution in [3.63, 3.8) is 0 Å². The van der Waals surface area contributed by atoms with Gasteiger partial charge in [0.1, 0.15) is 0 Å². The number of hydrogen-bond donors (Lipinski definition) is 2. The van der Waals surface area contributed by atoms with Crippen LogP contribution in [0.1, 0.15) is 44.2 Å². The van der Waals surface area contributed by atoms with Crippen molar-refractivity contribution in [1.82, 2.24) is 10.2 Å². The van der Waals surface area contributed by atoms with Crippen LogP contribution in [-0.4, -0.2) is 47.1 Å². The summed E-state index contributed by atoms with van der Waals surface area (Å²) in [5.41, 5.74) is 2.05. The van der Waals surface area contributed by atoms with E-state index in [1.54, 1.807) is 0 Å². The van der Waals surface area contributed by atoms with Gasteiger partial charge in [0.05, 0.1) is 13.0 Å². The van der Waals surface area contributed by atoms with E-state index >= 15 is 0 Å². The van der Waals surface area contributed by atoms with E-state index in [-0.39, 0.29) is 18.0 Å². The van der Waals surface area contributed by atoms with Gasteiger partial charge in [-0.25, -0.2) is 0 Å². The van der Waals surface area contributed by atoms with Crippen molar-refractivity contribution in [2.24, 2.45) is 0 Å². The van der Waals surface area contributed by atoms with Crippen molar-refractivity contribution in [2.75, 3.05) is 19.6 Å². The minimum absolute atomic E-state index is 0.0717. The number of aryl methyl sites for hydroxylation is 1. The Hall–Kier alpha value is -1.88. The molecule has 0 aliphatic carbocycles. The number of rotatable bonds is 8. The maximum absolute atomic E-state index is 12.5. The summed E-state index contributed by atoms with van der Waals surface area (Å²) in [6, 6.07) is 8.31. The fourth-order valence-corrected chi connectivity index (χ4v) is 3.10. The molecule has 0 saturated carbocycles. The van der Waals surface area contributed by atoms with Crippen LogP contribution in [0.2, 0.25) is 0 Å². The van der Waals surface area contributed by atoms with E-state index in [9.17, 15) is 9.59 Å². The first kappa shape index (κ1) is 18.5. The lowest BCUT2D eigenvalue weighted by Crippen LogP contribution is -2.47. The molecule has 0 aromatic heterocycles. The van der Waals surface area contributed by atoms with Crippen LogP contribution < -0.4 is 5.32 Å². The summed E-state index contributed by atoms with van der Waals surface area (Å²) >= 11 is 0. The van der Waals surface area contributed by atoms with Gasteiger partial charge in [0.2, 0.25) is 5.91 Å². The van der Waals surface area contributed by atoms with Crippen LogP contribution in [0.25, 0.3) is 0 Å². The number of hydrogen-bond acceptors (Lipinski definition) is 3. The molecule has 1 atom stereocenters. The zero-order chi connectivity index (χ0) is 17.6. The topological polar surface area (TPSA) is 69.6 Å². The molecule has 0 spiro atoms. The van der Waals surface area contributed by atoms with Crippen molar-refractivity contribution in [3.05, 3.63) is 35.4 Å². The van der Waals surface area contributed by atoms with Gasteiger partial charge in [-0.2, -0.15) is 0 Å². The summed E-state index contributed by atoms with van der Waals surface area (Å²) in [4.78, 5) is 25.0. The minimum Gasteiger partial charge on any atom is -0.480 e. The second-order valence-electron chi connectivity index (χ2n) is 6.97. The Morgan fingerprint density at radius 2 is 1.92 bits per heavy atom. The molecule has 0 radical (unpaired) electrons.